The molecule has 4 rings (SSSR count). The summed E-state index contributed by atoms with van der Waals surface area (Å²) in [5.74, 6) is 1.71. The van der Waals surface area contributed by atoms with Crippen molar-refractivity contribution < 1.29 is 9.53 Å². The maximum Gasteiger partial charge on any atom is 0.280 e. The zero-order valence-corrected chi connectivity index (χ0v) is 11.3. The van der Waals surface area contributed by atoms with Crippen LogP contribution in [-0.2, 0) is 0 Å². The van der Waals surface area contributed by atoms with Crippen molar-refractivity contribution in [3.05, 3.63) is 54.1 Å². The van der Waals surface area contributed by atoms with E-state index in [0.29, 0.717) is 17.2 Å². The Morgan fingerprint density at radius 1 is 1.05 bits per heavy atom. The second-order valence-electron chi connectivity index (χ2n) is 4.75. The SMILES string of the molecule is COc1cccc(-c2nc3n(n2)C(=O)c2ccccc2-3)c1. The summed E-state index contributed by atoms with van der Waals surface area (Å²) in [5, 5.41) is 4.33. The Bertz CT molecular complexity index is 867. The van der Waals surface area contributed by atoms with E-state index in [1.54, 1.807) is 13.2 Å². The number of carbonyl (C=O) groups excluding carboxylic acids is 1. The summed E-state index contributed by atoms with van der Waals surface area (Å²) in [6.45, 7) is 0. The summed E-state index contributed by atoms with van der Waals surface area (Å²) in [6.07, 6.45) is 0. The van der Waals surface area contributed by atoms with E-state index in [1.807, 2.05) is 42.5 Å². The molecule has 0 aliphatic carbocycles. The van der Waals surface area contributed by atoms with E-state index < -0.39 is 0 Å². The highest BCUT2D eigenvalue weighted by Crippen LogP contribution is 2.32. The zero-order chi connectivity index (χ0) is 14.4. The molecule has 102 valence electrons. The first-order chi connectivity index (χ1) is 10.3. The number of aromatic nitrogens is 3. The first-order valence-corrected chi connectivity index (χ1v) is 6.53. The van der Waals surface area contributed by atoms with Crippen LogP contribution in [0.5, 0.6) is 5.75 Å². The van der Waals surface area contributed by atoms with Crippen molar-refractivity contribution in [2.24, 2.45) is 0 Å². The van der Waals surface area contributed by atoms with Gasteiger partial charge in [0.25, 0.3) is 5.91 Å². The van der Waals surface area contributed by atoms with Gasteiger partial charge in [-0.25, -0.2) is 4.98 Å². The largest absolute Gasteiger partial charge is 0.497 e. The van der Waals surface area contributed by atoms with Crippen LogP contribution in [0.1, 0.15) is 10.4 Å². The van der Waals surface area contributed by atoms with Crippen LogP contribution in [0.25, 0.3) is 22.8 Å². The highest BCUT2D eigenvalue weighted by Gasteiger charge is 2.29. The van der Waals surface area contributed by atoms with Crippen molar-refractivity contribution in [1.82, 2.24) is 14.8 Å². The van der Waals surface area contributed by atoms with Gasteiger partial charge >= 0.3 is 0 Å². The zero-order valence-electron chi connectivity index (χ0n) is 11.3. The fraction of sp³-hybridized carbons (Fsp3) is 0.0625. The predicted octanol–water partition coefficient (Wildman–Crippen LogP) is 2.62. The van der Waals surface area contributed by atoms with Crippen molar-refractivity contribution in [3.63, 3.8) is 0 Å². The van der Waals surface area contributed by atoms with E-state index in [4.69, 9.17) is 4.74 Å². The number of ether oxygens (including phenoxy) is 1. The average Bonchev–Trinajstić information content (AvgIpc) is 3.08. The first-order valence-electron chi connectivity index (χ1n) is 6.53. The lowest BCUT2D eigenvalue weighted by Gasteiger charge is -2.01. The number of rotatable bonds is 2. The van der Waals surface area contributed by atoms with Crippen LogP contribution in [0.15, 0.2) is 48.5 Å². The van der Waals surface area contributed by atoms with Gasteiger partial charge in [0, 0.05) is 11.1 Å². The Morgan fingerprint density at radius 2 is 1.86 bits per heavy atom. The molecule has 0 bridgehead atoms. The quantitative estimate of drug-likeness (QED) is 0.565. The van der Waals surface area contributed by atoms with Gasteiger partial charge in [-0.05, 0) is 18.2 Å². The van der Waals surface area contributed by atoms with Gasteiger partial charge in [-0.3, -0.25) is 4.79 Å². The highest BCUT2D eigenvalue weighted by molar-refractivity contribution is 6.07. The fourth-order valence-corrected chi connectivity index (χ4v) is 2.49. The number of carbonyl (C=O) groups is 1. The fourth-order valence-electron chi connectivity index (χ4n) is 2.49. The van der Waals surface area contributed by atoms with Crippen LogP contribution in [0.3, 0.4) is 0 Å². The average molecular weight is 277 g/mol. The van der Waals surface area contributed by atoms with E-state index >= 15 is 0 Å². The number of nitrogens with zero attached hydrogens (tertiary/aromatic N) is 3. The highest BCUT2D eigenvalue weighted by atomic mass is 16.5. The molecule has 0 unspecified atom stereocenters. The van der Waals surface area contributed by atoms with Gasteiger partial charge in [-0.1, -0.05) is 30.3 Å². The van der Waals surface area contributed by atoms with Gasteiger partial charge in [0.15, 0.2) is 11.6 Å². The van der Waals surface area contributed by atoms with E-state index in [9.17, 15) is 4.79 Å². The van der Waals surface area contributed by atoms with Gasteiger partial charge in [-0.2, -0.15) is 4.68 Å². The predicted molar refractivity (Wildman–Crippen MR) is 77.2 cm³/mol. The summed E-state index contributed by atoms with van der Waals surface area (Å²) in [5.41, 5.74) is 2.29. The van der Waals surface area contributed by atoms with Crippen molar-refractivity contribution >= 4 is 5.91 Å². The van der Waals surface area contributed by atoms with Crippen molar-refractivity contribution in [2.75, 3.05) is 7.11 Å². The molecule has 0 N–H and O–H groups in total. The van der Waals surface area contributed by atoms with Crippen molar-refractivity contribution in [3.8, 4) is 28.5 Å². The minimum absolute atomic E-state index is 0.137. The van der Waals surface area contributed by atoms with Crippen molar-refractivity contribution in [2.45, 2.75) is 0 Å². The Morgan fingerprint density at radius 3 is 2.67 bits per heavy atom. The molecule has 0 radical (unpaired) electrons. The lowest BCUT2D eigenvalue weighted by atomic mass is 10.1. The van der Waals surface area contributed by atoms with Crippen LogP contribution in [0, 0.1) is 0 Å². The number of fused-ring (bicyclic) bond motifs is 3. The maximum atomic E-state index is 12.3. The molecule has 0 saturated carbocycles. The Kier molecular flexibility index (Phi) is 2.41. The molecule has 3 aromatic rings. The monoisotopic (exact) mass is 277 g/mol. The molecule has 0 fully saturated rings. The van der Waals surface area contributed by atoms with Gasteiger partial charge in [0.05, 0.1) is 12.7 Å². The number of hydrogen-bond acceptors (Lipinski definition) is 4. The molecule has 5 nitrogen and oxygen atoms in total. The summed E-state index contributed by atoms with van der Waals surface area (Å²) in [6, 6.07) is 14.9. The normalized spacial score (nSPS) is 12.1. The molecule has 0 atom stereocenters. The van der Waals surface area contributed by atoms with Crippen LogP contribution in [0.4, 0.5) is 0 Å². The second-order valence-corrected chi connectivity index (χ2v) is 4.75. The van der Waals surface area contributed by atoms with Crippen molar-refractivity contribution in [1.29, 1.82) is 0 Å². The number of methoxy groups -OCH3 is 1. The molecule has 1 aliphatic heterocycles. The minimum atomic E-state index is -0.137. The Hall–Kier alpha value is -2.95. The van der Waals surface area contributed by atoms with Crippen LogP contribution >= 0.6 is 0 Å². The summed E-state index contributed by atoms with van der Waals surface area (Å²) >= 11 is 0. The maximum absolute atomic E-state index is 12.3. The molecule has 0 spiro atoms. The van der Waals surface area contributed by atoms with Gasteiger partial charge in [-0.15, -0.1) is 5.10 Å². The lowest BCUT2D eigenvalue weighted by Crippen LogP contribution is -2.07. The minimum Gasteiger partial charge on any atom is -0.497 e. The summed E-state index contributed by atoms with van der Waals surface area (Å²) in [4.78, 5) is 16.8. The molecule has 5 heteroatoms. The Balaban J connectivity index is 1.86. The third-order valence-electron chi connectivity index (χ3n) is 3.53. The van der Waals surface area contributed by atoms with Gasteiger partial charge in [0.1, 0.15) is 5.75 Å². The van der Waals surface area contributed by atoms with Crippen LogP contribution < -0.4 is 4.74 Å². The molecule has 1 aromatic heterocycles. The summed E-state index contributed by atoms with van der Waals surface area (Å²) < 4.78 is 6.56. The molecule has 2 heterocycles. The second kappa shape index (κ2) is 4.28. The summed E-state index contributed by atoms with van der Waals surface area (Å²) in [7, 11) is 1.61. The van der Waals surface area contributed by atoms with Gasteiger partial charge < -0.3 is 4.74 Å². The molecule has 0 amide bonds. The molecule has 1 aliphatic rings. The van der Waals surface area contributed by atoms with E-state index in [2.05, 4.69) is 10.1 Å². The lowest BCUT2D eigenvalue weighted by molar-refractivity contribution is 0.0955. The van der Waals surface area contributed by atoms with Crippen LogP contribution in [-0.4, -0.2) is 27.8 Å². The molecular formula is C16H11N3O2. The third kappa shape index (κ3) is 1.67. The third-order valence-corrected chi connectivity index (χ3v) is 3.53. The van der Waals surface area contributed by atoms with E-state index in [-0.39, 0.29) is 5.91 Å². The molecular weight excluding hydrogens is 266 g/mol. The number of hydrogen-bond donors (Lipinski definition) is 0. The van der Waals surface area contributed by atoms with Gasteiger partial charge in [0.2, 0.25) is 0 Å². The van der Waals surface area contributed by atoms with Crippen LogP contribution in [0.2, 0.25) is 0 Å². The topological polar surface area (TPSA) is 57.0 Å². The Labute approximate surface area is 120 Å². The molecule has 2 aromatic carbocycles. The first kappa shape index (κ1) is 11.8. The molecule has 0 saturated heterocycles. The molecule has 21 heavy (non-hydrogen) atoms. The van der Waals surface area contributed by atoms with E-state index in [1.165, 1.54) is 4.68 Å². The van der Waals surface area contributed by atoms with E-state index in [0.717, 1.165) is 16.9 Å². The smallest absolute Gasteiger partial charge is 0.280 e. The number of benzene rings is 2. The standard InChI is InChI=1S/C16H11N3O2/c1-21-11-6-4-5-10(9-11)14-17-15-12-7-2-3-8-13(12)16(20)19(15)18-14/h2-9H,1H3.